The highest BCUT2D eigenvalue weighted by molar-refractivity contribution is 8.13. The third kappa shape index (κ3) is 3.20. The third-order valence-corrected chi connectivity index (χ3v) is 5.77. The second-order valence-corrected chi connectivity index (χ2v) is 7.47. The monoisotopic (exact) mass is 375 g/mol. The first-order valence-corrected chi connectivity index (χ1v) is 9.69. The van der Waals surface area contributed by atoms with Gasteiger partial charge in [0.1, 0.15) is 12.1 Å². The van der Waals surface area contributed by atoms with E-state index in [-0.39, 0.29) is 11.1 Å². The third-order valence-electron chi connectivity index (χ3n) is 4.88. The summed E-state index contributed by atoms with van der Waals surface area (Å²) in [7, 11) is 1.86. The molecule has 0 unspecified atom stereocenters. The van der Waals surface area contributed by atoms with Gasteiger partial charge in [0.05, 0.1) is 11.6 Å². The van der Waals surface area contributed by atoms with Crippen LogP contribution >= 0.6 is 11.8 Å². The Bertz CT molecular complexity index is 831. The van der Waals surface area contributed by atoms with E-state index in [2.05, 4.69) is 20.0 Å². The Morgan fingerprint density at radius 3 is 2.73 bits per heavy atom. The average molecular weight is 375 g/mol. The quantitative estimate of drug-likeness (QED) is 0.772. The van der Waals surface area contributed by atoms with Gasteiger partial charge in [0.2, 0.25) is 5.91 Å². The number of nitrogens with zero attached hydrogens (tertiary/aromatic N) is 7. The molecule has 9 nitrogen and oxygen atoms in total. The van der Waals surface area contributed by atoms with Crippen molar-refractivity contribution >= 4 is 39.8 Å². The number of aromatic nitrogens is 4. The number of piperazine rings is 1. The highest BCUT2D eigenvalue weighted by Gasteiger charge is 2.26. The lowest BCUT2D eigenvalue weighted by Crippen LogP contribution is -2.49. The molecule has 10 heteroatoms. The summed E-state index contributed by atoms with van der Waals surface area (Å²) in [6, 6.07) is 0. The van der Waals surface area contributed by atoms with Gasteiger partial charge in [0.25, 0.3) is 5.24 Å². The Labute approximate surface area is 155 Å². The molecule has 4 heterocycles. The zero-order valence-electron chi connectivity index (χ0n) is 14.7. The fraction of sp³-hybridized carbons (Fsp3) is 0.562. The Hall–Kier alpha value is -2.36. The van der Waals surface area contributed by atoms with Crippen LogP contribution in [0.15, 0.2) is 12.5 Å². The van der Waals surface area contributed by atoms with Crippen LogP contribution in [0.2, 0.25) is 0 Å². The maximum Gasteiger partial charge on any atom is 0.281 e. The molecule has 26 heavy (non-hydrogen) atoms. The first kappa shape index (κ1) is 17.1. The lowest BCUT2D eigenvalue weighted by atomic mass is 10.2. The van der Waals surface area contributed by atoms with Gasteiger partial charge in [-0.2, -0.15) is 5.10 Å². The van der Waals surface area contributed by atoms with Crippen molar-refractivity contribution in [2.75, 3.05) is 49.9 Å². The van der Waals surface area contributed by atoms with Crippen molar-refractivity contribution in [2.45, 2.75) is 6.42 Å². The Balaban J connectivity index is 1.34. The van der Waals surface area contributed by atoms with Crippen LogP contribution in [0, 0.1) is 0 Å². The van der Waals surface area contributed by atoms with Crippen molar-refractivity contribution in [1.82, 2.24) is 29.5 Å². The Morgan fingerprint density at radius 1 is 1.19 bits per heavy atom. The summed E-state index contributed by atoms with van der Waals surface area (Å²) in [6.45, 7) is 4.05. The van der Waals surface area contributed by atoms with Crippen LogP contribution in [0.5, 0.6) is 0 Å². The molecule has 0 radical (unpaired) electrons. The van der Waals surface area contributed by atoms with Gasteiger partial charge in [-0.1, -0.05) is 11.8 Å². The number of thioether (sulfide) groups is 1. The number of rotatable bonds is 4. The number of carbonyl (C=O) groups excluding carboxylic acids is 2. The van der Waals surface area contributed by atoms with Crippen LogP contribution in [0.3, 0.4) is 0 Å². The van der Waals surface area contributed by atoms with E-state index >= 15 is 0 Å². The normalized spacial score (nSPS) is 18.2. The minimum absolute atomic E-state index is 0.0897. The molecule has 0 saturated carbocycles. The molecule has 2 aliphatic heterocycles. The van der Waals surface area contributed by atoms with Crippen molar-refractivity contribution in [3.63, 3.8) is 0 Å². The molecule has 0 aliphatic carbocycles. The molecule has 2 amide bonds. The summed E-state index contributed by atoms with van der Waals surface area (Å²) in [5.41, 5.74) is 0.807. The van der Waals surface area contributed by atoms with E-state index in [0.717, 1.165) is 42.2 Å². The summed E-state index contributed by atoms with van der Waals surface area (Å²) in [6.07, 6.45) is 3.74. The molecule has 2 aromatic heterocycles. The van der Waals surface area contributed by atoms with Crippen molar-refractivity contribution in [3.05, 3.63) is 12.5 Å². The molecule has 2 saturated heterocycles. The van der Waals surface area contributed by atoms with Crippen molar-refractivity contribution in [1.29, 1.82) is 0 Å². The minimum Gasteiger partial charge on any atom is -0.352 e. The molecule has 4 rings (SSSR count). The molecule has 0 aromatic carbocycles. The van der Waals surface area contributed by atoms with Crippen molar-refractivity contribution in [2.24, 2.45) is 7.05 Å². The summed E-state index contributed by atoms with van der Waals surface area (Å²) in [4.78, 5) is 38.6. The number of fused-ring (bicyclic) bond motifs is 1. The van der Waals surface area contributed by atoms with Crippen LogP contribution in [-0.4, -0.2) is 85.7 Å². The van der Waals surface area contributed by atoms with E-state index in [0.29, 0.717) is 26.1 Å². The maximum atomic E-state index is 12.4. The maximum absolute atomic E-state index is 12.4. The molecule has 0 spiro atoms. The molecule has 138 valence electrons. The molecule has 2 fully saturated rings. The number of hydrogen-bond donors (Lipinski definition) is 0. The lowest BCUT2D eigenvalue weighted by Gasteiger charge is -2.35. The van der Waals surface area contributed by atoms with Gasteiger partial charge in [0, 0.05) is 58.5 Å². The summed E-state index contributed by atoms with van der Waals surface area (Å²) in [5, 5.41) is 5.27. The largest absolute Gasteiger partial charge is 0.352 e. The van der Waals surface area contributed by atoms with Gasteiger partial charge in [-0.15, -0.1) is 0 Å². The van der Waals surface area contributed by atoms with Crippen LogP contribution < -0.4 is 4.90 Å². The Kier molecular flexibility index (Phi) is 4.66. The average Bonchev–Trinajstić information content (AvgIpc) is 3.25. The lowest BCUT2D eigenvalue weighted by molar-refractivity contribution is -0.131. The SMILES string of the molecule is Cn1ncc2c(N3CCN(C(=O)CCN4CCSC4=O)CC3)ncnc21. The number of amides is 2. The standard InChI is InChI=1S/C16H21N7O2S/c1-20-14-12(10-19-20)15(18-11-17-14)22-6-4-21(5-7-22)13(24)2-3-23-8-9-26-16(23)25/h10-11H,2-9H2,1H3. The van der Waals surface area contributed by atoms with E-state index in [4.69, 9.17) is 0 Å². The van der Waals surface area contributed by atoms with Gasteiger partial charge in [0.15, 0.2) is 5.65 Å². The second-order valence-electron chi connectivity index (χ2n) is 6.42. The number of anilines is 1. The molecule has 0 N–H and O–H groups in total. The summed E-state index contributed by atoms with van der Waals surface area (Å²) < 4.78 is 1.73. The first-order valence-electron chi connectivity index (χ1n) is 8.70. The van der Waals surface area contributed by atoms with Crippen LogP contribution in [0.25, 0.3) is 11.0 Å². The van der Waals surface area contributed by atoms with Crippen LogP contribution in [0.4, 0.5) is 10.6 Å². The predicted molar refractivity (Wildman–Crippen MR) is 99.1 cm³/mol. The Morgan fingerprint density at radius 2 is 2.00 bits per heavy atom. The fourth-order valence-electron chi connectivity index (χ4n) is 3.39. The van der Waals surface area contributed by atoms with E-state index in [1.54, 1.807) is 22.1 Å². The minimum atomic E-state index is 0.0897. The van der Waals surface area contributed by atoms with E-state index in [1.807, 2.05) is 11.9 Å². The van der Waals surface area contributed by atoms with Crippen LogP contribution in [-0.2, 0) is 11.8 Å². The van der Waals surface area contributed by atoms with E-state index in [1.165, 1.54) is 11.8 Å². The number of aryl methyl sites for hydroxylation is 1. The molecule has 2 aromatic rings. The molecule has 2 aliphatic rings. The van der Waals surface area contributed by atoms with Crippen molar-refractivity contribution < 1.29 is 9.59 Å². The molecular formula is C16H21N7O2S. The highest BCUT2D eigenvalue weighted by Crippen LogP contribution is 2.23. The van der Waals surface area contributed by atoms with E-state index in [9.17, 15) is 9.59 Å². The zero-order chi connectivity index (χ0) is 18.1. The highest BCUT2D eigenvalue weighted by atomic mass is 32.2. The topological polar surface area (TPSA) is 87.5 Å². The zero-order valence-corrected chi connectivity index (χ0v) is 15.5. The van der Waals surface area contributed by atoms with E-state index < -0.39 is 0 Å². The summed E-state index contributed by atoms with van der Waals surface area (Å²) in [5.74, 6) is 1.81. The second kappa shape index (κ2) is 7.10. The number of hydrogen-bond acceptors (Lipinski definition) is 7. The smallest absolute Gasteiger partial charge is 0.281 e. The van der Waals surface area contributed by atoms with Gasteiger partial charge in [-0.25, -0.2) is 9.97 Å². The van der Waals surface area contributed by atoms with Crippen LogP contribution in [0.1, 0.15) is 6.42 Å². The van der Waals surface area contributed by atoms with Gasteiger partial charge in [-0.3, -0.25) is 14.3 Å². The van der Waals surface area contributed by atoms with Gasteiger partial charge in [-0.05, 0) is 0 Å². The molecule has 0 atom stereocenters. The van der Waals surface area contributed by atoms with Gasteiger partial charge >= 0.3 is 0 Å². The van der Waals surface area contributed by atoms with Gasteiger partial charge < -0.3 is 14.7 Å². The molecular weight excluding hydrogens is 354 g/mol. The fourth-order valence-corrected chi connectivity index (χ4v) is 4.24. The van der Waals surface area contributed by atoms with Crippen molar-refractivity contribution in [3.8, 4) is 0 Å². The predicted octanol–water partition coefficient (Wildman–Crippen LogP) is 0.571. The first-order chi connectivity index (χ1) is 12.6. The summed E-state index contributed by atoms with van der Waals surface area (Å²) >= 11 is 1.33. The number of carbonyl (C=O) groups is 2. The molecule has 0 bridgehead atoms.